The van der Waals surface area contributed by atoms with Crippen LogP contribution in [0.15, 0.2) is 0 Å². The van der Waals surface area contributed by atoms with E-state index in [0.717, 1.165) is 32.2 Å². The molecule has 1 aliphatic carbocycles. The third-order valence-corrected chi connectivity index (χ3v) is 5.98. The molecule has 3 atom stereocenters. The minimum atomic E-state index is -0.472. The molecule has 0 aromatic rings. The molecule has 0 bridgehead atoms. The molecule has 2 rings (SSSR count). The van der Waals surface area contributed by atoms with Crippen molar-refractivity contribution >= 4 is 5.91 Å². The van der Waals surface area contributed by atoms with Gasteiger partial charge in [-0.25, -0.2) is 0 Å². The van der Waals surface area contributed by atoms with Crippen LogP contribution in [-0.4, -0.2) is 72.9 Å². The van der Waals surface area contributed by atoms with Crippen LogP contribution in [0.1, 0.15) is 46.0 Å². The van der Waals surface area contributed by atoms with Gasteiger partial charge in [0.1, 0.15) is 0 Å². The third kappa shape index (κ3) is 3.17. The number of hydrogen-bond acceptors (Lipinski definition) is 4. The normalized spacial score (nSPS) is 29.0. The highest BCUT2D eigenvalue weighted by Crippen LogP contribution is 2.50. The summed E-state index contributed by atoms with van der Waals surface area (Å²) < 4.78 is 5.65. The molecule has 2 fully saturated rings. The van der Waals surface area contributed by atoms with E-state index in [2.05, 4.69) is 25.8 Å². The van der Waals surface area contributed by atoms with Gasteiger partial charge in [-0.15, -0.1) is 0 Å². The number of hydrogen-bond donors (Lipinski definition) is 1. The number of carbonyl (C=O) groups excluding carboxylic acids is 1. The van der Waals surface area contributed by atoms with E-state index in [1.807, 2.05) is 0 Å². The summed E-state index contributed by atoms with van der Waals surface area (Å²) in [6, 6.07) is 0.455. The summed E-state index contributed by atoms with van der Waals surface area (Å²) in [5.74, 6) is 0.182. The van der Waals surface area contributed by atoms with Gasteiger partial charge in [-0.2, -0.15) is 0 Å². The van der Waals surface area contributed by atoms with Gasteiger partial charge in [-0.3, -0.25) is 4.79 Å². The topological polar surface area (TPSA) is 53.0 Å². The monoisotopic (exact) mass is 312 g/mol. The number of ether oxygens (including phenoxy) is 1. The fraction of sp³-hybridized carbons (Fsp3) is 0.941. The quantitative estimate of drug-likeness (QED) is 0.738. The zero-order valence-corrected chi connectivity index (χ0v) is 14.5. The molecule has 1 heterocycles. The summed E-state index contributed by atoms with van der Waals surface area (Å²) in [4.78, 5) is 15.7. The molecule has 22 heavy (non-hydrogen) atoms. The third-order valence-electron chi connectivity index (χ3n) is 5.98. The van der Waals surface area contributed by atoms with Crippen molar-refractivity contribution < 1.29 is 14.6 Å². The Balaban J connectivity index is 1.88. The fourth-order valence-electron chi connectivity index (χ4n) is 4.52. The zero-order valence-electron chi connectivity index (χ0n) is 14.5. The molecule has 1 amide bonds. The molecule has 1 saturated heterocycles. The number of carbonyl (C=O) groups is 1. The van der Waals surface area contributed by atoms with Gasteiger partial charge in [0.05, 0.1) is 12.2 Å². The van der Waals surface area contributed by atoms with Crippen LogP contribution in [0, 0.1) is 5.41 Å². The predicted molar refractivity (Wildman–Crippen MR) is 86.7 cm³/mol. The summed E-state index contributed by atoms with van der Waals surface area (Å²) >= 11 is 0. The summed E-state index contributed by atoms with van der Waals surface area (Å²) in [5.41, 5.74) is 0.201. The number of rotatable bonds is 8. The zero-order chi connectivity index (χ0) is 16.3. The fourth-order valence-corrected chi connectivity index (χ4v) is 4.52. The Kier molecular flexibility index (Phi) is 5.86. The summed E-state index contributed by atoms with van der Waals surface area (Å²) in [5, 5.41) is 10.3. The van der Waals surface area contributed by atoms with Crippen molar-refractivity contribution in [1.29, 1.82) is 0 Å². The van der Waals surface area contributed by atoms with Crippen LogP contribution in [0.3, 0.4) is 0 Å². The largest absolute Gasteiger partial charge is 0.390 e. The maximum Gasteiger partial charge on any atom is 0.222 e. The van der Waals surface area contributed by atoms with Crippen LogP contribution >= 0.6 is 0 Å². The summed E-state index contributed by atoms with van der Waals surface area (Å²) in [6.45, 7) is 6.34. The van der Waals surface area contributed by atoms with Crippen LogP contribution in [0.5, 0.6) is 0 Å². The van der Waals surface area contributed by atoms with Gasteiger partial charge >= 0.3 is 0 Å². The van der Waals surface area contributed by atoms with E-state index in [-0.39, 0.29) is 11.3 Å². The van der Waals surface area contributed by atoms with Gasteiger partial charge in [0.15, 0.2) is 0 Å². The molecule has 5 heteroatoms. The van der Waals surface area contributed by atoms with Crippen LogP contribution in [-0.2, 0) is 9.53 Å². The molecule has 1 aliphatic heterocycles. The van der Waals surface area contributed by atoms with E-state index in [4.69, 9.17) is 4.74 Å². The second-order valence-corrected chi connectivity index (χ2v) is 6.95. The molecule has 2 aliphatic rings. The molecular weight excluding hydrogens is 280 g/mol. The smallest absolute Gasteiger partial charge is 0.222 e. The molecule has 0 aromatic carbocycles. The Bertz CT molecular complexity index is 384. The van der Waals surface area contributed by atoms with E-state index in [9.17, 15) is 9.90 Å². The first kappa shape index (κ1) is 17.7. The molecule has 3 unspecified atom stereocenters. The molecule has 1 N–H and O–H groups in total. The lowest BCUT2D eigenvalue weighted by Crippen LogP contribution is -2.64. The summed E-state index contributed by atoms with van der Waals surface area (Å²) in [6.07, 6.45) is 4.64. The maximum absolute atomic E-state index is 11.7. The lowest BCUT2D eigenvalue weighted by Gasteiger charge is -2.58. The Hall–Kier alpha value is -0.650. The van der Waals surface area contributed by atoms with Gasteiger partial charge in [0, 0.05) is 44.6 Å². The average molecular weight is 312 g/mol. The highest BCUT2D eigenvalue weighted by atomic mass is 16.5. The van der Waals surface area contributed by atoms with E-state index >= 15 is 0 Å². The number of amides is 1. The maximum atomic E-state index is 11.7. The Morgan fingerprint density at radius 2 is 2.14 bits per heavy atom. The summed E-state index contributed by atoms with van der Waals surface area (Å²) in [7, 11) is 3.89. The van der Waals surface area contributed by atoms with Crippen molar-refractivity contribution in [1.82, 2.24) is 9.80 Å². The second kappa shape index (κ2) is 7.28. The number of nitrogens with zero attached hydrogens (tertiary/aromatic N) is 2. The number of β-amino-alcohol motifs (C(OH)–C–C–N with tert-alkyl or cyclic N) is 1. The molecule has 128 valence electrons. The van der Waals surface area contributed by atoms with E-state index in [1.165, 1.54) is 0 Å². The number of likely N-dealkylation sites (tertiary alicyclic amines) is 1. The molecule has 0 aromatic heterocycles. The average Bonchev–Trinajstić information content (AvgIpc) is 2.85. The number of methoxy groups -OCH3 is 1. The predicted octanol–water partition coefficient (Wildman–Crippen LogP) is 1.50. The van der Waals surface area contributed by atoms with Gasteiger partial charge in [-0.1, -0.05) is 13.8 Å². The van der Waals surface area contributed by atoms with Gasteiger partial charge in [0.2, 0.25) is 5.91 Å². The lowest BCUT2D eigenvalue weighted by atomic mass is 9.58. The Morgan fingerprint density at radius 1 is 1.45 bits per heavy atom. The van der Waals surface area contributed by atoms with Crippen LogP contribution in [0.25, 0.3) is 0 Å². The van der Waals surface area contributed by atoms with Crippen molar-refractivity contribution in [3.8, 4) is 0 Å². The van der Waals surface area contributed by atoms with Gasteiger partial charge in [0.25, 0.3) is 0 Å². The van der Waals surface area contributed by atoms with Crippen molar-refractivity contribution in [3.63, 3.8) is 0 Å². The first-order valence-electron chi connectivity index (χ1n) is 8.67. The molecule has 1 saturated carbocycles. The number of likely N-dealkylation sites (N-methyl/N-ethyl adjacent to an activating group) is 1. The second-order valence-electron chi connectivity index (χ2n) is 6.95. The number of aliphatic hydroxyl groups excluding tert-OH is 1. The first-order chi connectivity index (χ1) is 10.5. The van der Waals surface area contributed by atoms with Crippen LogP contribution in [0.4, 0.5) is 0 Å². The first-order valence-corrected chi connectivity index (χ1v) is 8.67. The highest BCUT2D eigenvalue weighted by molar-refractivity contribution is 5.78. The standard InChI is InChI=1S/C17H32N2O3/c1-5-17(6-2)14(10-15(17)22-4)18(3)11-13(20)12-19-9-7-8-16(19)21/h13-15,20H,5-12H2,1-4H3. The molecule has 0 spiro atoms. The van der Waals surface area contributed by atoms with Crippen molar-refractivity contribution in [3.05, 3.63) is 0 Å². The van der Waals surface area contributed by atoms with E-state index in [0.29, 0.717) is 31.7 Å². The van der Waals surface area contributed by atoms with Crippen LogP contribution < -0.4 is 0 Å². The van der Waals surface area contributed by atoms with Gasteiger partial charge < -0.3 is 19.6 Å². The highest BCUT2D eigenvalue weighted by Gasteiger charge is 2.54. The SMILES string of the molecule is CCC1(CC)C(OC)CC1N(C)CC(O)CN1CCCC1=O. The molecule has 5 nitrogen and oxygen atoms in total. The van der Waals surface area contributed by atoms with E-state index < -0.39 is 6.10 Å². The van der Waals surface area contributed by atoms with Crippen LogP contribution in [0.2, 0.25) is 0 Å². The molecule has 0 radical (unpaired) electrons. The Morgan fingerprint density at radius 3 is 2.64 bits per heavy atom. The Labute approximate surface area is 134 Å². The minimum Gasteiger partial charge on any atom is -0.390 e. The van der Waals surface area contributed by atoms with Crippen molar-refractivity contribution in [2.75, 3.05) is 33.8 Å². The number of aliphatic hydroxyl groups is 1. The van der Waals surface area contributed by atoms with E-state index in [1.54, 1.807) is 12.0 Å². The molecular formula is C17H32N2O3. The van der Waals surface area contributed by atoms with Gasteiger partial charge in [-0.05, 0) is 32.7 Å². The minimum absolute atomic E-state index is 0.182. The van der Waals surface area contributed by atoms with Crippen molar-refractivity contribution in [2.45, 2.75) is 64.2 Å². The lowest BCUT2D eigenvalue weighted by molar-refractivity contribution is -0.160. The van der Waals surface area contributed by atoms with Crippen molar-refractivity contribution in [2.24, 2.45) is 5.41 Å².